The normalized spacial score (nSPS) is 22.8. The molecule has 2 unspecified atom stereocenters. The molecule has 1 saturated heterocycles. The second-order valence-corrected chi connectivity index (χ2v) is 4.98. The Bertz CT molecular complexity index is 478. The number of hydrogen-bond donors (Lipinski definition) is 0. The summed E-state index contributed by atoms with van der Waals surface area (Å²) in [5, 5.41) is 8.73. The lowest BCUT2D eigenvalue weighted by Crippen LogP contribution is -2.38. The molecule has 3 nitrogen and oxygen atoms in total. The highest BCUT2D eigenvalue weighted by atomic mass is 35.5. The molecule has 0 aromatic heterocycles. The molecule has 4 heteroatoms. The predicted molar refractivity (Wildman–Crippen MR) is 70.5 cm³/mol. The third-order valence-electron chi connectivity index (χ3n) is 3.56. The molecule has 1 aromatic carbocycles. The Kier molecular flexibility index (Phi) is 3.88. The fourth-order valence-electron chi connectivity index (χ4n) is 2.35. The van der Waals surface area contributed by atoms with E-state index in [1.807, 2.05) is 11.0 Å². The van der Waals surface area contributed by atoms with Gasteiger partial charge < -0.3 is 4.90 Å². The minimum Gasteiger partial charge on any atom is -0.334 e. The van der Waals surface area contributed by atoms with Crippen LogP contribution < -0.4 is 0 Å². The van der Waals surface area contributed by atoms with Crippen molar-refractivity contribution in [3.8, 4) is 6.07 Å². The number of carbonyl (C=O) groups excluding carboxylic acids is 1. The second-order valence-electron chi connectivity index (χ2n) is 4.68. The van der Waals surface area contributed by atoms with E-state index < -0.39 is 0 Å². The molecule has 0 radical (unpaired) electrons. The lowest BCUT2D eigenvalue weighted by Gasteiger charge is -2.25. The lowest BCUT2D eigenvalue weighted by molar-refractivity contribution is 0.0737. The standard InChI is InChI=1S/C14H15ClN2O/c1-10-6-7-17(13(10)8-15)14(18)12-4-2-11(9-16)3-5-12/h2-5,10,13H,6-8H2,1H3. The van der Waals surface area contributed by atoms with Crippen LogP contribution in [-0.2, 0) is 0 Å². The van der Waals surface area contributed by atoms with Crippen LogP contribution in [0, 0.1) is 17.2 Å². The van der Waals surface area contributed by atoms with Crippen molar-refractivity contribution < 1.29 is 4.79 Å². The molecule has 94 valence electrons. The number of likely N-dealkylation sites (tertiary alicyclic amines) is 1. The largest absolute Gasteiger partial charge is 0.334 e. The van der Waals surface area contributed by atoms with Gasteiger partial charge in [0.1, 0.15) is 0 Å². The number of benzene rings is 1. The molecule has 1 heterocycles. The van der Waals surface area contributed by atoms with Gasteiger partial charge in [-0.15, -0.1) is 11.6 Å². The Morgan fingerprint density at radius 2 is 2.17 bits per heavy atom. The fourth-order valence-corrected chi connectivity index (χ4v) is 2.82. The van der Waals surface area contributed by atoms with Gasteiger partial charge in [0.05, 0.1) is 11.6 Å². The zero-order valence-electron chi connectivity index (χ0n) is 10.3. The topological polar surface area (TPSA) is 44.1 Å². The van der Waals surface area contributed by atoms with Gasteiger partial charge in [0.25, 0.3) is 5.91 Å². The zero-order valence-corrected chi connectivity index (χ0v) is 11.0. The van der Waals surface area contributed by atoms with E-state index in [1.54, 1.807) is 24.3 Å². The molecular weight excluding hydrogens is 248 g/mol. The fraction of sp³-hybridized carbons (Fsp3) is 0.429. The molecule has 1 aliphatic heterocycles. The number of amides is 1. The maximum Gasteiger partial charge on any atom is 0.254 e. The van der Waals surface area contributed by atoms with Gasteiger partial charge in [-0.3, -0.25) is 4.79 Å². The van der Waals surface area contributed by atoms with Gasteiger partial charge in [-0.2, -0.15) is 5.26 Å². The van der Waals surface area contributed by atoms with E-state index in [4.69, 9.17) is 16.9 Å². The van der Waals surface area contributed by atoms with Crippen molar-refractivity contribution in [3.63, 3.8) is 0 Å². The summed E-state index contributed by atoms with van der Waals surface area (Å²) in [6.07, 6.45) is 0.999. The van der Waals surface area contributed by atoms with Crippen molar-refractivity contribution in [2.75, 3.05) is 12.4 Å². The van der Waals surface area contributed by atoms with E-state index in [-0.39, 0.29) is 11.9 Å². The highest BCUT2D eigenvalue weighted by molar-refractivity contribution is 6.18. The number of halogens is 1. The van der Waals surface area contributed by atoms with Crippen LogP contribution in [0.4, 0.5) is 0 Å². The van der Waals surface area contributed by atoms with Crippen molar-refractivity contribution in [2.45, 2.75) is 19.4 Å². The smallest absolute Gasteiger partial charge is 0.254 e. The molecule has 1 amide bonds. The summed E-state index contributed by atoms with van der Waals surface area (Å²) in [5.41, 5.74) is 1.19. The first kappa shape index (κ1) is 12.9. The van der Waals surface area contributed by atoms with Crippen LogP contribution in [0.15, 0.2) is 24.3 Å². The number of hydrogen-bond acceptors (Lipinski definition) is 2. The third-order valence-corrected chi connectivity index (χ3v) is 3.88. The summed E-state index contributed by atoms with van der Waals surface area (Å²) in [5.74, 6) is 0.933. The molecular formula is C14H15ClN2O. The third kappa shape index (κ3) is 2.34. The number of carbonyl (C=O) groups is 1. The van der Waals surface area contributed by atoms with E-state index in [1.165, 1.54) is 0 Å². The average Bonchev–Trinajstić information content (AvgIpc) is 2.79. The van der Waals surface area contributed by atoms with Gasteiger partial charge in [-0.05, 0) is 36.6 Å². The van der Waals surface area contributed by atoms with E-state index in [9.17, 15) is 4.79 Å². The van der Waals surface area contributed by atoms with Crippen LogP contribution in [0.2, 0.25) is 0 Å². The van der Waals surface area contributed by atoms with Gasteiger partial charge in [0, 0.05) is 24.0 Å². The summed E-state index contributed by atoms with van der Waals surface area (Å²) in [7, 11) is 0. The number of nitriles is 1. The first-order chi connectivity index (χ1) is 8.67. The maximum atomic E-state index is 12.3. The molecule has 0 aliphatic carbocycles. The van der Waals surface area contributed by atoms with Crippen LogP contribution in [0.5, 0.6) is 0 Å². The van der Waals surface area contributed by atoms with Gasteiger partial charge in [0.15, 0.2) is 0 Å². The molecule has 0 bridgehead atoms. The summed E-state index contributed by atoms with van der Waals surface area (Å²) in [6, 6.07) is 8.91. The molecule has 2 rings (SSSR count). The van der Waals surface area contributed by atoms with Gasteiger partial charge in [-0.25, -0.2) is 0 Å². The Morgan fingerprint density at radius 3 is 2.72 bits per heavy atom. The average molecular weight is 263 g/mol. The van der Waals surface area contributed by atoms with Crippen LogP contribution in [-0.4, -0.2) is 29.3 Å². The van der Waals surface area contributed by atoms with Gasteiger partial charge in [-0.1, -0.05) is 6.92 Å². The van der Waals surface area contributed by atoms with E-state index >= 15 is 0 Å². The van der Waals surface area contributed by atoms with Crippen molar-refractivity contribution in [1.29, 1.82) is 5.26 Å². The zero-order chi connectivity index (χ0) is 13.1. The van der Waals surface area contributed by atoms with Crippen LogP contribution >= 0.6 is 11.6 Å². The highest BCUT2D eigenvalue weighted by Crippen LogP contribution is 2.26. The van der Waals surface area contributed by atoms with Crippen molar-refractivity contribution in [3.05, 3.63) is 35.4 Å². The monoisotopic (exact) mass is 262 g/mol. The van der Waals surface area contributed by atoms with Gasteiger partial charge in [0.2, 0.25) is 0 Å². The summed E-state index contributed by atoms with van der Waals surface area (Å²) in [6.45, 7) is 2.89. The number of alkyl halides is 1. The molecule has 1 aliphatic rings. The van der Waals surface area contributed by atoms with Crippen LogP contribution in [0.1, 0.15) is 29.3 Å². The molecule has 0 N–H and O–H groups in total. The Labute approximate surface area is 112 Å². The summed E-state index contributed by atoms with van der Waals surface area (Å²) in [4.78, 5) is 14.2. The SMILES string of the molecule is CC1CCN(C(=O)c2ccc(C#N)cc2)C1CCl. The molecule has 1 aromatic rings. The number of nitrogens with zero attached hydrogens (tertiary/aromatic N) is 2. The number of rotatable bonds is 2. The quantitative estimate of drug-likeness (QED) is 0.769. The van der Waals surface area contributed by atoms with E-state index in [2.05, 4.69) is 6.92 Å². The lowest BCUT2D eigenvalue weighted by atomic mass is 10.0. The molecule has 0 saturated carbocycles. The first-order valence-corrected chi connectivity index (χ1v) is 6.58. The first-order valence-electron chi connectivity index (χ1n) is 6.04. The van der Waals surface area contributed by atoms with Crippen molar-refractivity contribution in [1.82, 2.24) is 4.90 Å². The van der Waals surface area contributed by atoms with Crippen molar-refractivity contribution in [2.24, 2.45) is 5.92 Å². The molecule has 0 spiro atoms. The Balaban J connectivity index is 2.18. The molecule has 18 heavy (non-hydrogen) atoms. The summed E-state index contributed by atoms with van der Waals surface area (Å²) >= 11 is 5.94. The molecule has 1 fully saturated rings. The van der Waals surface area contributed by atoms with Crippen molar-refractivity contribution >= 4 is 17.5 Å². The van der Waals surface area contributed by atoms with E-state index in [0.717, 1.165) is 13.0 Å². The van der Waals surface area contributed by atoms with Crippen LogP contribution in [0.25, 0.3) is 0 Å². The minimum atomic E-state index is 0.00879. The highest BCUT2D eigenvalue weighted by Gasteiger charge is 2.33. The van der Waals surface area contributed by atoms with E-state index in [0.29, 0.717) is 22.9 Å². The summed E-state index contributed by atoms with van der Waals surface area (Å²) < 4.78 is 0. The van der Waals surface area contributed by atoms with Crippen LogP contribution in [0.3, 0.4) is 0 Å². The molecule has 2 atom stereocenters. The second kappa shape index (κ2) is 5.41. The maximum absolute atomic E-state index is 12.3. The Morgan fingerprint density at radius 1 is 1.50 bits per heavy atom. The predicted octanol–water partition coefficient (Wildman–Crippen LogP) is 2.65. The Hall–Kier alpha value is -1.53. The minimum absolute atomic E-state index is 0.00879. The van der Waals surface area contributed by atoms with Gasteiger partial charge >= 0.3 is 0 Å².